The monoisotopic (exact) mass is 229 g/mol. The number of amides is 1. The molecule has 4 nitrogen and oxygen atoms in total. The zero-order chi connectivity index (χ0) is 12.3. The highest BCUT2D eigenvalue weighted by Crippen LogP contribution is 2.14. The molecule has 0 saturated heterocycles. The molecule has 0 aliphatic heterocycles. The highest BCUT2D eigenvalue weighted by molar-refractivity contribution is 5.81. The molecule has 1 unspecified atom stereocenters. The van der Waals surface area contributed by atoms with Gasteiger partial charge in [-0.3, -0.25) is 4.79 Å². The van der Waals surface area contributed by atoms with Crippen molar-refractivity contribution in [2.75, 3.05) is 6.54 Å². The van der Waals surface area contributed by atoms with Crippen LogP contribution in [0, 0.1) is 0 Å². The lowest BCUT2D eigenvalue weighted by Gasteiger charge is -2.24. The van der Waals surface area contributed by atoms with E-state index >= 15 is 0 Å². The number of carbonyl (C=O) groups excluding carboxylic acids is 1. The third-order valence-corrected chi connectivity index (χ3v) is 1.18. The van der Waals surface area contributed by atoms with Gasteiger partial charge in [0.15, 0.2) is 6.29 Å². The number of rotatable bonds is 3. The summed E-state index contributed by atoms with van der Waals surface area (Å²) in [7, 11) is 0. The van der Waals surface area contributed by atoms with E-state index in [0.717, 1.165) is 0 Å². The highest BCUT2D eigenvalue weighted by Gasteiger charge is 2.38. The summed E-state index contributed by atoms with van der Waals surface area (Å²) >= 11 is 0. The molecular weight excluding hydrogens is 215 g/mol. The van der Waals surface area contributed by atoms with Crippen molar-refractivity contribution in [1.29, 1.82) is 0 Å². The fourth-order valence-electron chi connectivity index (χ4n) is 0.730. The van der Waals surface area contributed by atoms with Crippen LogP contribution >= 0.6 is 0 Å². The second kappa shape index (κ2) is 4.80. The van der Waals surface area contributed by atoms with E-state index < -0.39 is 30.5 Å². The molecule has 0 aromatic heterocycles. The molecule has 7 heteroatoms. The number of carbonyl (C=O) groups is 1. The van der Waals surface area contributed by atoms with Crippen molar-refractivity contribution in [3.8, 4) is 0 Å². The van der Waals surface area contributed by atoms with Gasteiger partial charge in [0, 0.05) is 0 Å². The lowest BCUT2D eigenvalue weighted by Crippen LogP contribution is -2.43. The van der Waals surface area contributed by atoms with Crippen molar-refractivity contribution in [3.63, 3.8) is 0 Å². The first kappa shape index (κ1) is 14.2. The van der Waals surface area contributed by atoms with Crippen LogP contribution in [0.1, 0.15) is 20.8 Å². The molecule has 0 heterocycles. The Morgan fingerprint density at radius 2 is 1.87 bits per heavy atom. The van der Waals surface area contributed by atoms with Gasteiger partial charge in [-0.05, 0) is 20.8 Å². The molecule has 0 spiro atoms. The van der Waals surface area contributed by atoms with Gasteiger partial charge >= 0.3 is 12.1 Å². The van der Waals surface area contributed by atoms with Crippen LogP contribution in [0.2, 0.25) is 0 Å². The lowest BCUT2D eigenvalue weighted by atomic mass is 10.2. The van der Waals surface area contributed by atoms with Crippen LogP contribution in [0.3, 0.4) is 0 Å². The quantitative estimate of drug-likeness (QED) is 0.704. The predicted octanol–water partition coefficient (Wildman–Crippen LogP) is 0.798. The Hall–Kier alpha value is -0.820. The fraction of sp³-hybridized carbons (Fsp3) is 0.875. The number of halogens is 3. The molecular formula is C8H14F3NO3. The van der Waals surface area contributed by atoms with Crippen molar-refractivity contribution in [3.05, 3.63) is 0 Å². The van der Waals surface area contributed by atoms with E-state index in [-0.39, 0.29) is 0 Å². The summed E-state index contributed by atoms with van der Waals surface area (Å²) in [6.45, 7) is 4.28. The molecule has 0 fully saturated rings. The zero-order valence-corrected chi connectivity index (χ0v) is 8.68. The van der Waals surface area contributed by atoms with Gasteiger partial charge < -0.3 is 15.2 Å². The van der Waals surface area contributed by atoms with Crippen molar-refractivity contribution >= 4 is 5.91 Å². The minimum atomic E-state index is -4.94. The van der Waals surface area contributed by atoms with Gasteiger partial charge in [0.1, 0.15) is 0 Å². The maximum Gasteiger partial charge on any atom is 0.471 e. The van der Waals surface area contributed by atoms with E-state index in [1.165, 1.54) is 5.32 Å². The third-order valence-electron chi connectivity index (χ3n) is 1.18. The number of hydrogen-bond donors (Lipinski definition) is 2. The standard InChI is InChI=1S/C8H14F3NO3/c1-7(2,3)15-5(13)4-12-6(14)8(9,10)11/h5,13H,4H2,1-3H3,(H,12,14). The first-order valence-electron chi connectivity index (χ1n) is 4.23. The molecule has 15 heavy (non-hydrogen) atoms. The predicted molar refractivity (Wildman–Crippen MR) is 45.9 cm³/mol. The average Bonchev–Trinajstić information content (AvgIpc) is 1.94. The molecule has 0 aliphatic rings. The summed E-state index contributed by atoms with van der Waals surface area (Å²) in [4.78, 5) is 10.3. The van der Waals surface area contributed by atoms with Crippen molar-refractivity contribution in [2.45, 2.75) is 38.8 Å². The van der Waals surface area contributed by atoms with Gasteiger partial charge in [-0.1, -0.05) is 0 Å². The van der Waals surface area contributed by atoms with E-state index in [4.69, 9.17) is 9.84 Å². The van der Waals surface area contributed by atoms with Crippen LogP contribution in [0.5, 0.6) is 0 Å². The van der Waals surface area contributed by atoms with E-state index in [9.17, 15) is 18.0 Å². The van der Waals surface area contributed by atoms with Crippen LogP contribution in [0.15, 0.2) is 0 Å². The Bertz CT molecular complexity index is 222. The van der Waals surface area contributed by atoms with Gasteiger partial charge in [-0.2, -0.15) is 13.2 Å². The molecule has 0 rings (SSSR count). The fourth-order valence-corrected chi connectivity index (χ4v) is 0.730. The van der Waals surface area contributed by atoms with E-state index in [0.29, 0.717) is 0 Å². The summed E-state index contributed by atoms with van der Waals surface area (Å²) < 4.78 is 40.0. The maximum atomic E-state index is 11.7. The second-order valence-corrected chi connectivity index (χ2v) is 3.89. The van der Waals surface area contributed by atoms with Crippen LogP contribution in [-0.2, 0) is 9.53 Å². The highest BCUT2D eigenvalue weighted by atomic mass is 19.4. The molecule has 0 aromatic carbocycles. The molecule has 1 amide bonds. The average molecular weight is 229 g/mol. The van der Waals surface area contributed by atoms with Crippen molar-refractivity contribution in [1.82, 2.24) is 5.32 Å². The number of nitrogens with one attached hydrogen (secondary N) is 1. The van der Waals surface area contributed by atoms with Crippen LogP contribution in [0.25, 0.3) is 0 Å². The summed E-state index contributed by atoms with van der Waals surface area (Å²) in [6.07, 6.45) is -6.40. The number of aliphatic hydroxyl groups excluding tert-OH is 1. The Kier molecular flexibility index (Phi) is 4.54. The third kappa shape index (κ3) is 7.15. The number of aliphatic hydroxyl groups is 1. The summed E-state index contributed by atoms with van der Waals surface area (Å²) in [5.41, 5.74) is -0.692. The smallest absolute Gasteiger partial charge is 0.366 e. The normalized spacial score (nSPS) is 14.9. The van der Waals surface area contributed by atoms with Crippen LogP contribution in [0.4, 0.5) is 13.2 Å². The van der Waals surface area contributed by atoms with E-state index in [1.54, 1.807) is 20.8 Å². The van der Waals surface area contributed by atoms with E-state index in [2.05, 4.69) is 0 Å². The minimum absolute atomic E-state index is 0.602. The molecule has 0 aromatic rings. The molecule has 2 N–H and O–H groups in total. The Morgan fingerprint density at radius 1 is 1.40 bits per heavy atom. The maximum absolute atomic E-state index is 11.7. The van der Waals surface area contributed by atoms with Gasteiger partial charge in [0.25, 0.3) is 0 Å². The molecule has 0 saturated carbocycles. The minimum Gasteiger partial charge on any atom is -0.366 e. The largest absolute Gasteiger partial charge is 0.471 e. The summed E-state index contributed by atoms with van der Waals surface area (Å²) in [5, 5.41) is 10.6. The first-order valence-corrected chi connectivity index (χ1v) is 4.23. The molecule has 90 valence electrons. The molecule has 0 aliphatic carbocycles. The SMILES string of the molecule is CC(C)(C)OC(O)CNC(=O)C(F)(F)F. The zero-order valence-electron chi connectivity index (χ0n) is 8.68. The Balaban J connectivity index is 3.92. The second-order valence-electron chi connectivity index (χ2n) is 3.89. The van der Waals surface area contributed by atoms with Gasteiger partial charge in [-0.25, -0.2) is 0 Å². The van der Waals surface area contributed by atoms with Crippen molar-refractivity contribution < 1.29 is 27.8 Å². The van der Waals surface area contributed by atoms with E-state index in [1.807, 2.05) is 0 Å². The first-order chi connectivity index (χ1) is 6.52. The molecule has 0 bridgehead atoms. The Morgan fingerprint density at radius 3 is 2.20 bits per heavy atom. The molecule has 0 radical (unpaired) electrons. The topological polar surface area (TPSA) is 58.6 Å². The number of ether oxygens (including phenoxy) is 1. The Labute approximate surface area is 85.4 Å². The van der Waals surface area contributed by atoms with Gasteiger partial charge in [0.05, 0.1) is 12.1 Å². The molecule has 1 atom stereocenters. The van der Waals surface area contributed by atoms with Gasteiger partial charge in [-0.15, -0.1) is 0 Å². The van der Waals surface area contributed by atoms with Crippen LogP contribution < -0.4 is 5.32 Å². The summed E-state index contributed by atoms with van der Waals surface area (Å²) in [5.74, 6) is -2.10. The van der Waals surface area contributed by atoms with Gasteiger partial charge in [0.2, 0.25) is 0 Å². The van der Waals surface area contributed by atoms with Crippen molar-refractivity contribution in [2.24, 2.45) is 0 Å². The van der Waals surface area contributed by atoms with Crippen LogP contribution in [-0.4, -0.2) is 35.6 Å². The lowest BCUT2D eigenvalue weighted by molar-refractivity contribution is -0.182. The number of hydrogen-bond acceptors (Lipinski definition) is 3. The summed E-state index contributed by atoms with van der Waals surface area (Å²) in [6, 6.07) is 0. The number of alkyl halides is 3.